The van der Waals surface area contributed by atoms with E-state index >= 15 is 0 Å². The Morgan fingerprint density at radius 2 is 2.14 bits per heavy atom. The molecule has 0 aliphatic heterocycles. The molecule has 21 heavy (non-hydrogen) atoms. The van der Waals surface area contributed by atoms with Gasteiger partial charge in [0.15, 0.2) is 0 Å². The first-order valence-electron chi connectivity index (χ1n) is 7.16. The van der Waals surface area contributed by atoms with Gasteiger partial charge in [0, 0.05) is 30.9 Å². The minimum atomic E-state index is 0.222. The van der Waals surface area contributed by atoms with Gasteiger partial charge in [-0.25, -0.2) is 0 Å². The Balaban J connectivity index is 2.17. The summed E-state index contributed by atoms with van der Waals surface area (Å²) in [5.41, 5.74) is 2.02. The lowest BCUT2D eigenvalue weighted by Gasteiger charge is -2.18. The van der Waals surface area contributed by atoms with E-state index in [-0.39, 0.29) is 6.04 Å². The van der Waals surface area contributed by atoms with Crippen LogP contribution < -0.4 is 14.8 Å². The molecule has 0 aliphatic rings. The van der Waals surface area contributed by atoms with Crippen LogP contribution in [0.3, 0.4) is 0 Å². The number of nitrogens with one attached hydrogen (secondary N) is 1. The summed E-state index contributed by atoms with van der Waals surface area (Å²) in [5, 5.41) is 7.73. The molecule has 0 radical (unpaired) electrons. The lowest BCUT2D eigenvalue weighted by Crippen LogP contribution is -2.18. The van der Waals surface area contributed by atoms with Gasteiger partial charge < -0.3 is 14.8 Å². The summed E-state index contributed by atoms with van der Waals surface area (Å²) in [4.78, 5) is 0. The third-order valence-electron chi connectivity index (χ3n) is 3.34. The van der Waals surface area contributed by atoms with Gasteiger partial charge in [0.1, 0.15) is 18.1 Å². The van der Waals surface area contributed by atoms with Gasteiger partial charge in [0.25, 0.3) is 0 Å². The van der Waals surface area contributed by atoms with Gasteiger partial charge in [0.05, 0.1) is 12.8 Å². The van der Waals surface area contributed by atoms with Crippen molar-refractivity contribution in [2.45, 2.75) is 26.5 Å². The van der Waals surface area contributed by atoms with Gasteiger partial charge in [-0.2, -0.15) is 5.10 Å². The highest BCUT2D eigenvalue weighted by atomic mass is 16.5. The highest BCUT2D eigenvalue weighted by Crippen LogP contribution is 2.30. The second-order valence-corrected chi connectivity index (χ2v) is 4.95. The van der Waals surface area contributed by atoms with E-state index in [1.807, 2.05) is 37.5 Å². The summed E-state index contributed by atoms with van der Waals surface area (Å²) in [5.74, 6) is 1.62. The third-order valence-corrected chi connectivity index (χ3v) is 3.34. The molecule has 1 N–H and O–H groups in total. The van der Waals surface area contributed by atoms with Crippen molar-refractivity contribution in [2.24, 2.45) is 7.05 Å². The molecule has 1 atom stereocenters. The van der Waals surface area contributed by atoms with E-state index in [9.17, 15) is 0 Å². The maximum Gasteiger partial charge on any atom is 0.132 e. The lowest BCUT2D eigenvalue weighted by atomic mass is 10.1. The fourth-order valence-corrected chi connectivity index (χ4v) is 2.23. The van der Waals surface area contributed by atoms with Gasteiger partial charge in [-0.3, -0.25) is 4.68 Å². The highest BCUT2D eigenvalue weighted by Gasteiger charge is 2.12. The smallest absolute Gasteiger partial charge is 0.132 e. The van der Waals surface area contributed by atoms with Crippen LogP contribution in [0, 0.1) is 0 Å². The third kappa shape index (κ3) is 3.98. The normalized spacial score (nSPS) is 12.2. The van der Waals surface area contributed by atoms with E-state index in [0.29, 0.717) is 6.61 Å². The number of aromatic nitrogens is 2. The Morgan fingerprint density at radius 3 is 2.76 bits per heavy atom. The molecule has 2 aromatic rings. The molecular formula is C16H23N3O2. The topological polar surface area (TPSA) is 48.3 Å². The maximum absolute atomic E-state index is 5.95. The SMILES string of the molecule is CCNC(C)c1ccc(OC)cc1OCc1ccn(C)n1. The van der Waals surface area contributed by atoms with Crippen molar-refractivity contribution >= 4 is 0 Å². The molecule has 0 saturated heterocycles. The number of benzene rings is 1. The Morgan fingerprint density at radius 1 is 1.33 bits per heavy atom. The van der Waals surface area contributed by atoms with E-state index in [2.05, 4.69) is 24.3 Å². The Kier molecular flexibility index (Phi) is 5.22. The number of rotatable bonds is 7. The van der Waals surface area contributed by atoms with Crippen molar-refractivity contribution in [1.29, 1.82) is 0 Å². The van der Waals surface area contributed by atoms with Crippen molar-refractivity contribution < 1.29 is 9.47 Å². The second kappa shape index (κ2) is 7.13. The largest absolute Gasteiger partial charge is 0.497 e. The summed E-state index contributed by atoms with van der Waals surface area (Å²) < 4.78 is 13.0. The van der Waals surface area contributed by atoms with Crippen molar-refractivity contribution in [3.05, 3.63) is 41.7 Å². The number of methoxy groups -OCH3 is 1. The van der Waals surface area contributed by atoms with Crippen LogP contribution in [0.1, 0.15) is 31.1 Å². The zero-order valence-corrected chi connectivity index (χ0v) is 13.1. The Labute approximate surface area is 125 Å². The quantitative estimate of drug-likeness (QED) is 0.851. The van der Waals surface area contributed by atoms with Gasteiger partial charge >= 0.3 is 0 Å². The van der Waals surface area contributed by atoms with Gasteiger partial charge in [-0.05, 0) is 25.6 Å². The van der Waals surface area contributed by atoms with Crippen LogP contribution in [0.5, 0.6) is 11.5 Å². The molecule has 5 nitrogen and oxygen atoms in total. The average molecular weight is 289 g/mol. The number of hydrogen-bond donors (Lipinski definition) is 1. The molecule has 114 valence electrons. The van der Waals surface area contributed by atoms with E-state index in [4.69, 9.17) is 9.47 Å². The molecule has 2 rings (SSSR count). The first kappa shape index (κ1) is 15.4. The summed E-state index contributed by atoms with van der Waals surface area (Å²) in [6.07, 6.45) is 1.91. The van der Waals surface area contributed by atoms with Crippen LogP contribution in [0.4, 0.5) is 0 Å². The average Bonchev–Trinajstić information content (AvgIpc) is 2.90. The summed E-state index contributed by atoms with van der Waals surface area (Å²) in [6, 6.07) is 8.09. The molecule has 0 spiro atoms. The molecular weight excluding hydrogens is 266 g/mol. The predicted molar refractivity (Wildman–Crippen MR) is 82.6 cm³/mol. The molecule has 1 aromatic heterocycles. The maximum atomic E-state index is 5.95. The van der Waals surface area contributed by atoms with Gasteiger partial charge in [-0.15, -0.1) is 0 Å². The fourth-order valence-electron chi connectivity index (χ4n) is 2.23. The van der Waals surface area contributed by atoms with Crippen LogP contribution >= 0.6 is 0 Å². The Bertz CT molecular complexity index is 581. The fraction of sp³-hybridized carbons (Fsp3) is 0.438. The second-order valence-electron chi connectivity index (χ2n) is 4.95. The van der Waals surface area contributed by atoms with Crippen LogP contribution in [0.15, 0.2) is 30.5 Å². The predicted octanol–water partition coefficient (Wildman–Crippen LogP) is 2.68. The van der Waals surface area contributed by atoms with Crippen molar-refractivity contribution in [2.75, 3.05) is 13.7 Å². The molecule has 1 heterocycles. The van der Waals surface area contributed by atoms with E-state index in [1.54, 1.807) is 11.8 Å². The first-order valence-corrected chi connectivity index (χ1v) is 7.16. The molecule has 0 bridgehead atoms. The summed E-state index contributed by atoms with van der Waals surface area (Å²) in [6.45, 7) is 5.57. The molecule has 0 amide bonds. The lowest BCUT2D eigenvalue weighted by molar-refractivity contribution is 0.291. The summed E-state index contributed by atoms with van der Waals surface area (Å²) in [7, 11) is 3.55. The first-order chi connectivity index (χ1) is 10.1. The van der Waals surface area contributed by atoms with Gasteiger partial charge in [0.2, 0.25) is 0 Å². The standard InChI is InChI=1S/C16H23N3O2/c1-5-17-12(2)15-7-6-14(20-4)10-16(15)21-11-13-8-9-19(3)18-13/h6-10,12,17H,5,11H2,1-4H3. The van der Waals surface area contributed by atoms with Crippen molar-refractivity contribution in [3.63, 3.8) is 0 Å². The van der Waals surface area contributed by atoms with Crippen LogP contribution in [0.2, 0.25) is 0 Å². The number of aryl methyl sites for hydroxylation is 1. The molecule has 1 aromatic carbocycles. The zero-order valence-electron chi connectivity index (χ0n) is 13.1. The van der Waals surface area contributed by atoms with Crippen LogP contribution in [0.25, 0.3) is 0 Å². The van der Waals surface area contributed by atoms with Gasteiger partial charge in [-0.1, -0.05) is 13.0 Å². The molecule has 5 heteroatoms. The minimum Gasteiger partial charge on any atom is -0.497 e. The monoisotopic (exact) mass is 289 g/mol. The Hall–Kier alpha value is -2.01. The number of hydrogen-bond acceptors (Lipinski definition) is 4. The van der Waals surface area contributed by atoms with Crippen molar-refractivity contribution in [1.82, 2.24) is 15.1 Å². The molecule has 0 fully saturated rings. The van der Waals surface area contributed by atoms with E-state index in [1.165, 1.54) is 0 Å². The number of nitrogens with zero attached hydrogens (tertiary/aromatic N) is 2. The minimum absolute atomic E-state index is 0.222. The molecule has 1 unspecified atom stereocenters. The van der Waals surface area contributed by atoms with E-state index in [0.717, 1.165) is 29.3 Å². The summed E-state index contributed by atoms with van der Waals surface area (Å²) >= 11 is 0. The van der Waals surface area contributed by atoms with Crippen LogP contribution in [-0.4, -0.2) is 23.4 Å². The van der Waals surface area contributed by atoms with Crippen LogP contribution in [-0.2, 0) is 13.7 Å². The zero-order chi connectivity index (χ0) is 15.2. The van der Waals surface area contributed by atoms with E-state index < -0.39 is 0 Å². The highest BCUT2D eigenvalue weighted by molar-refractivity contribution is 5.42. The van der Waals surface area contributed by atoms with Crippen molar-refractivity contribution in [3.8, 4) is 11.5 Å². The number of ether oxygens (including phenoxy) is 2. The molecule has 0 saturated carbocycles. The molecule has 0 aliphatic carbocycles.